The summed E-state index contributed by atoms with van der Waals surface area (Å²) in [6.07, 6.45) is 6.37. The first-order valence-electron chi connectivity index (χ1n) is 8.94. The highest BCUT2D eigenvalue weighted by Gasteiger charge is 2.42. The van der Waals surface area contributed by atoms with E-state index >= 15 is 0 Å². The summed E-state index contributed by atoms with van der Waals surface area (Å²) in [6, 6.07) is 5.20. The molecule has 138 valence electrons. The molecule has 7 heteroatoms. The zero-order chi connectivity index (χ0) is 18.7. The lowest BCUT2D eigenvalue weighted by Gasteiger charge is -2.28. The van der Waals surface area contributed by atoms with E-state index in [0.29, 0.717) is 17.1 Å². The first-order valence-corrected chi connectivity index (χ1v) is 8.94. The Labute approximate surface area is 152 Å². The monoisotopic (exact) mass is 357 g/mol. The Morgan fingerprint density at radius 1 is 1.23 bits per heavy atom. The Balaban J connectivity index is 1.98. The maximum Gasteiger partial charge on any atom is 0.337 e. The fourth-order valence-corrected chi connectivity index (χ4v) is 3.73. The summed E-state index contributed by atoms with van der Waals surface area (Å²) >= 11 is 0. The number of ether oxygens (including phenoxy) is 1. The molecule has 0 aromatic carbocycles. The lowest BCUT2D eigenvalue weighted by molar-refractivity contribution is -0.431. The van der Waals surface area contributed by atoms with Gasteiger partial charge in [0, 0.05) is 11.9 Å². The number of aromatic nitrogens is 1. The molecule has 0 bridgehead atoms. The van der Waals surface area contributed by atoms with Crippen molar-refractivity contribution in [3.8, 4) is 0 Å². The zero-order valence-corrected chi connectivity index (χ0v) is 15.0. The largest absolute Gasteiger partial charge is 0.459 e. The first kappa shape index (κ1) is 18.1. The Bertz CT molecular complexity index is 764. The molecular weight excluding hydrogens is 334 g/mol. The van der Waals surface area contributed by atoms with Gasteiger partial charge in [0.05, 0.1) is 21.9 Å². The Kier molecular flexibility index (Phi) is 5.35. The minimum Gasteiger partial charge on any atom is -0.459 e. The molecule has 1 atom stereocenters. The predicted octanol–water partition coefficient (Wildman–Crippen LogP) is 3.43. The molecule has 1 saturated carbocycles. The van der Waals surface area contributed by atoms with Gasteiger partial charge >= 0.3 is 5.97 Å². The standard InChI is InChI=1S/C19H23N3O4/c1-12-16(19(23)26-14-8-4-3-5-9-14)17(15-10-6-7-11-20-15)18(22(24)25)13(2)21-12/h6-7,10-11,14,17,21H,3-5,8-9H2,1-2H3/t17-/m0/s1. The first-order chi connectivity index (χ1) is 12.5. The SMILES string of the molecule is CC1=C(C(=O)OC2CCCCC2)[C@H](c2ccccn2)C([N+](=O)[O-])=C(C)N1. The quantitative estimate of drug-likeness (QED) is 0.504. The van der Waals surface area contributed by atoms with Gasteiger partial charge in [-0.2, -0.15) is 0 Å². The average Bonchev–Trinajstić information content (AvgIpc) is 2.62. The topological polar surface area (TPSA) is 94.4 Å². The highest BCUT2D eigenvalue weighted by Crippen LogP contribution is 2.38. The van der Waals surface area contributed by atoms with Crippen LogP contribution in [0.3, 0.4) is 0 Å². The third-order valence-electron chi connectivity index (χ3n) is 4.95. The number of nitrogens with zero attached hydrogens (tertiary/aromatic N) is 2. The van der Waals surface area contributed by atoms with Crippen LogP contribution in [0.5, 0.6) is 0 Å². The van der Waals surface area contributed by atoms with Crippen LogP contribution in [-0.2, 0) is 9.53 Å². The molecule has 1 aliphatic carbocycles. The van der Waals surface area contributed by atoms with E-state index in [1.165, 1.54) is 0 Å². The molecule has 0 unspecified atom stereocenters. The summed E-state index contributed by atoms with van der Waals surface area (Å²) in [7, 11) is 0. The van der Waals surface area contributed by atoms with E-state index in [4.69, 9.17) is 4.74 Å². The van der Waals surface area contributed by atoms with Crippen molar-refractivity contribution in [1.29, 1.82) is 0 Å². The number of nitrogens with one attached hydrogen (secondary N) is 1. The summed E-state index contributed by atoms with van der Waals surface area (Å²) in [5, 5.41) is 14.7. The minimum absolute atomic E-state index is 0.0649. The second-order valence-corrected chi connectivity index (χ2v) is 6.78. The van der Waals surface area contributed by atoms with Crippen molar-refractivity contribution < 1.29 is 14.5 Å². The molecule has 2 heterocycles. The average molecular weight is 357 g/mol. The van der Waals surface area contributed by atoms with E-state index in [1.54, 1.807) is 38.2 Å². The van der Waals surface area contributed by atoms with Gasteiger partial charge in [0.25, 0.3) is 5.70 Å². The van der Waals surface area contributed by atoms with Gasteiger partial charge in [-0.15, -0.1) is 0 Å². The zero-order valence-electron chi connectivity index (χ0n) is 15.0. The van der Waals surface area contributed by atoms with Gasteiger partial charge in [-0.3, -0.25) is 15.1 Å². The molecular formula is C19H23N3O4. The van der Waals surface area contributed by atoms with Gasteiger partial charge in [-0.05, 0) is 51.7 Å². The molecule has 2 aliphatic rings. The molecule has 7 nitrogen and oxygen atoms in total. The third kappa shape index (κ3) is 3.61. The summed E-state index contributed by atoms with van der Waals surface area (Å²) in [5.74, 6) is -1.34. The molecule has 1 fully saturated rings. The van der Waals surface area contributed by atoms with E-state index in [-0.39, 0.29) is 17.4 Å². The summed E-state index contributed by atoms with van der Waals surface area (Å²) in [4.78, 5) is 28.5. The molecule has 1 aromatic heterocycles. The van der Waals surface area contributed by atoms with Gasteiger partial charge in [0.2, 0.25) is 0 Å². The molecule has 26 heavy (non-hydrogen) atoms. The number of rotatable bonds is 4. The minimum atomic E-state index is -0.844. The van der Waals surface area contributed by atoms with Crippen LogP contribution in [0.1, 0.15) is 57.6 Å². The van der Waals surface area contributed by atoms with Crippen LogP contribution in [0.15, 0.2) is 47.1 Å². The molecule has 1 aromatic rings. The fourth-order valence-electron chi connectivity index (χ4n) is 3.73. The molecule has 1 aliphatic heterocycles. The van der Waals surface area contributed by atoms with Crippen molar-refractivity contribution in [2.75, 3.05) is 0 Å². The predicted molar refractivity (Wildman–Crippen MR) is 95.5 cm³/mol. The lowest BCUT2D eigenvalue weighted by Crippen LogP contribution is -2.33. The van der Waals surface area contributed by atoms with E-state index in [2.05, 4.69) is 10.3 Å². The van der Waals surface area contributed by atoms with Gasteiger partial charge in [0.1, 0.15) is 12.0 Å². The van der Waals surface area contributed by atoms with Crippen LogP contribution >= 0.6 is 0 Å². The van der Waals surface area contributed by atoms with Crippen LogP contribution in [0.2, 0.25) is 0 Å². The summed E-state index contributed by atoms with van der Waals surface area (Å²) in [5.41, 5.74) is 1.66. The molecule has 0 spiro atoms. The Morgan fingerprint density at radius 2 is 1.96 bits per heavy atom. The number of carbonyl (C=O) groups excluding carboxylic acids is 1. The lowest BCUT2D eigenvalue weighted by atomic mass is 9.86. The third-order valence-corrected chi connectivity index (χ3v) is 4.95. The molecule has 3 rings (SSSR count). The van der Waals surface area contributed by atoms with Crippen molar-refractivity contribution in [2.24, 2.45) is 0 Å². The van der Waals surface area contributed by atoms with Gasteiger partial charge in [-0.1, -0.05) is 12.5 Å². The van der Waals surface area contributed by atoms with Crippen LogP contribution < -0.4 is 5.32 Å². The maximum atomic E-state index is 12.9. The van der Waals surface area contributed by atoms with Crippen LogP contribution in [0.4, 0.5) is 0 Å². The second-order valence-electron chi connectivity index (χ2n) is 6.78. The van der Waals surface area contributed by atoms with E-state index in [9.17, 15) is 14.9 Å². The van der Waals surface area contributed by atoms with E-state index in [1.807, 2.05) is 0 Å². The number of esters is 1. The summed E-state index contributed by atoms with van der Waals surface area (Å²) in [6.45, 7) is 3.38. The number of hydrogen-bond donors (Lipinski definition) is 1. The van der Waals surface area contributed by atoms with Crippen LogP contribution in [0.25, 0.3) is 0 Å². The molecule has 1 N–H and O–H groups in total. The summed E-state index contributed by atoms with van der Waals surface area (Å²) < 4.78 is 5.71. The number of carbonyl (C=O) groups is 1. The van der Waals surface area contributed by atoms with Crippen molar-refractivity contribution in [2.45, 2.75) is 58.0 Å². The molecule has 0 saturated heterocycles. The fraction of sp³-hybridized carbons (Fsp3) is 0.474. The van der Waals surface area contributed by atoms with E-state index in [0.717, 1.165) is 32.1 Å². The van der Waals surface area contributed by atoms with Crippen molar-refractivity contribution in [1.82, 2.24) is 10.3 Å². The Hall–Kier alpha value is -2.70. The van der Waals surface area contributed by atoms with Gasteiger partial charge < -0.3 is 10.1 Å². The van der Waals surface area contributed by atoms with Crippen molar-refractivity contribution in [3.63, 3.8) is 0 Å². The number of nitro groups is 1. The smallest absolute Gasteiger partial charge is 0.337 e. The maximum absolute atomic E-state index is 12.9. The number of allylic oxidation sites excluding steroid dienone is 3. The highest BCUT2D eigenvalue weighted by molar-refractivity contribution is 5.92. The normalized spacial score (nSPS) is 21.4. The molecule has 0 radical (unpaired) electrons. The number of pyridine rings is 1. The number of dihydropyridines is 1. The van der Waals surface area contributed by atoms with Crippen molar-refractivity contribution in [3.05, 3.63) is 62.9 Å². The van der Waals surface area contributed by atoms with Crippen LogP contribution in [-0.4, -0.2) is 22.0 Å². The Morgan fingerprint density at radius 3 is 2.58 bits per heavy atom. The van der Waals surface area contributed by atoms with Gasteiger partial charge in [-0.25, -0.2) is 4.79 Å². The number of hydrogen-bond acceptors (Lipinski definition) is 6. The van der Waals surface area contributed by atoms with Crippen LogP contribution in [0, 0.1) is 10.1 Å². The van der Waals surface area contributed by atoms with Crippen molar-refractivity contribution >= 4 is 5.97 Å². The van der Waals surface area contributed by atoms with E-state index < -0.39 is 16.8 Å². The molecule has 0 amide bonds. The van der Waals surface area contributed by atoms with Gasteiger partial charge in [0.15, 0.2) is 0 Å². The second kappa shape index (κ2) is 7.68. The highest BCUT2D eigenvalue weighted by atomic mass is 16.6.